The van der Waals surface area contributed by atoms with Crippen LogP contribution in [0.2, 0.25) is 0 Å². The van der Waals surface area contributed by atoms with E-state index in [4.69, 9.17) is 5.11 Å². The van der Waals surface area contributed by atoms with Crippen LogP contribution in [0.5, 0.6) is 0 Å². The van der Waals surface area contributed by atoms with Crippen molar-refractivity contribution in [2.75, 3.05) is 5.75 Å². The molecule has 112 valence electrons. The third-order valence-electron chi connectivity index (χ3n) is 4.23. The highest BCUT2D eigenvalue weighted by Crippen LogP contribution is 2.37. The number of carbonyl (C=O) groups is 1. The Bertz CT molecular complexity index is 649. The first-order valence-electron chi connectivity index (χ1n) is 7.34. The number of carboxylic acid groups (broad SMARTS) is 1. The lowest BCUT2D eigenvalue weighted by molar-refractivity contribution is -0.133. The summed E-state index contributed by atoms with van der Waals surface area (Å²) in [6, 6.07) is 4.11. The number of hydrogen-bond acceptors (Lipinski definition) is 4. The zero-order valence-corrected chi connectivity index (χ0v) is 12.8. The van der Waals surface area contributed by atoms with Gasteiger partial charge in [0, 0.05) is 12.2 Å². The first kappa shape index (κ1) is 14.4. The molecule has 5 nitrogen and oxygen atoms in total. The van der Waals surface area contributed by atoms with Crippen molar-refractivity contribution in [3.63, 3.8) is 0 Å². The average molecular weight is 305 g/mol. The molecule has 0 saturated heterocycles. The fourth-order valence-corrected chi connectivity index (χ4v) is 3.96. The zero-order chi connectivity index (χ0) is 14.8. The molecule has 2 aromatic rings. The Balaban J connectivity index is 1.99. The van der Waals surface area contributed by atoms with Crippen LogP contribution in [0, 0.1) is 5.92 Å². The minimum Gasteiger partial charge on any atom is -0.481 e. The molecule has 0 spiro atoms. The number of aliphatic carboxylic acids is 1. The molecule has 1 fully saturated rings. The zero-order valence-electron chi connectivity index (χ0n) is 12.0. The van der Waals surface area contributed by atoms with Crippen molar-refractivity contribution in [1.29, 1.82) is 0 Å². The van der Waals surface area contributed by atoms with Gasteiger partial charge in [0.25, 0.3) is 0 Å². The van der Waals surface area contributed by atoms with Crippen LogP contribution < -0.4 is 0 Å². The maximum absolute atomic E-state index is 10.9. The minimum absolute atomic E-state index is 0.0285. The Labute approximate surface area is 127 Å². The van der Waals surface area contributed by atoms with Crippen LogP contribution >= 0.6 is 11.8 Å². The number of carboxylic acids is 1. The second-order valence-corrected chi connectivity index (χ2v) is 6.52. The normalized spacial score (nSPS) is 17.4. The standard InChI is InChI=1S/C15H19N3O2S/c1-10(11-5-2-3-6-11)18-14-12(7-4-8-16-14)17-15(18)21-9-13(19)20/h4,7-8,10-11H,2-3,5-6,9H2,1H3,(H,19,20). The van der Waals surface area contributed by atoms with Gasteiger partial charge in [-0.25, -0.2) is 9.97 Å². The van der Waals surface area contributed by atoms with Crippen LogP contribution in [0.3, 0.4) is 0 Å². The average Bonchev–Trinajstić information content (AvgIpc) is 3.11. The molecule has 1 aliphatic carbocycles. The fourth-order valence-electron chi connectivity index (χ4n) is 3.15. The van der Waals surface area contributed by atoms with E-state index in [-0.39, 0.29) is 5.75 Å². The number of rotatable bonds is 5. The Hall–Kier alpha value is -1.56. The molecular formula is C15H19N3O2S. The van der Waals surface area contributed by atoms with E-state index in [0.29, 0.717) is 12.0 Å². The number of thioether (sulfide) groups is 1. The SMILES string of the molecule is CC(C1CCCC1)n1c(SCC(=O)O)nc2cccnc21. The van der Waals surface area contributed by atoms with Gasteiger partial charge in [-0.1, -0.05) is 24.6 Å². The van der Waals surface area contributed by atoms with Crippen molar-refractivity contribution in [3.05, 3.63) is 18.3 Å². The van der Waals surface area contributed by atoms with Gasteiger partial charge in [0.2, 0.25) is 0 Å². The maximum atomic E-state index is 10.9. The summed E-state index contributed by atoms with van der Waals surface area (Å²) in [6.07, 6.45) is 6.81. The highest BCUT2D eigenvalue weighted by Gasteiger charge is 2.27. The molecule has 1 unspecified atom stereocenters. The molecule has 2 heterocycles. The van der Waals surface area contributed by atoms with Crippen LogP contribution in [0.15, 0.2) is 23.5 Å². The van der Waals surface area contributed by atoms with Crippen LogP contribution in [-0.2, 0) is 4.79 Å². The summed E-state index contributed by atoms with van der Waals surface area (Å²) in [6.45, 7) is 2.20. The number of nitrogens with zero attached hydrogens (tertiary/aromatic N) is 3. The summed E-state index contributed by atoms with van der Waals surface area (Å²) in [5.74, 6) is -0.158. The van der Waals surface area contributed by atoms with Gasteiger partial charge in [-0.15, -0.1) is 0 Å². The number of fused-ring (bicyclic) bond motifs is 1. The van der Waals surface area contributed by atoms with Crippen molar-refractivity contribution >= 4 is 28.9 Å². The van der Waals surface area contributed by atoms with E-state index in [9.17, 15) is 4.79 Å². The Morgan fingerprint density at radius 3 is 3.00 bits per heavy atom. The molecule has 21 heavy (non-hydrogen) atoms. The van der Waals surface area contributed by atoms with E-state index in [1.807, 2.05) is 12.1 Å². The minimum atomic E-state index is -0.819. The largest absolute Gasteiger partial charge is 0.481 e. The summed E-state index contributed by atoms with van der Waals surface area (Å²) in [5, 5.41) is 9.69. The molecule has 2 aromatic heterocycles. The Morgan fingerprint density at radius 2 is 2.29 bits per heavy atom. The topological polar surface area (TPSA) is 68.0 Å². The smallest absolute Gasteiger partial charge is 0.313 e. The van der Waals surface area contributed by atoms with Gasteiger partial charge in [0.1, 0.15) is 5.52 Å². The molecule has 3 rings (SSSR count). The molecule has 0 radical (unpaired) electrons. The molecule has 1 saturated carbocycles. The van der Waals surface area contributed by atoms with E-state index >= 15 is 0 Å². The van der Waals surface area contributed by atoms with Crippen molar-refractivity contribution in [3.8, 4) is 0 Å². The van der Waals surface area contributed by atoms with Gasteiger partial charge in [0.15, 0.2) is 10.8 Å². The Kier molecular flexibility index (Phi) is 4.14. The molecule has 1 N–H and O–H groups in total. The lowest BCUT2D eigenvalue weighted by Crippen LogP contribution is -2.16. The molecular weight excluding hydrogens is 286 g/mol. The lowest BCUT2D eigenvalue weighted by Gasteiger charge is -2.22. The summed E-state index contributed by atoms with van der Waals surface area (Å²) in [4.78, 5) is 19.9. The second-order valence-electron chi connectivity index (χ2n) is 5.58. The van der Waals surface area contributed by atoms with Gasteiger partial charge < -0.3 is 9.67 Å². The van der Waals surface area contributed by atoms with Gasteiger partial charge >= 0.3 is 5.97 Å². The van der Waals surface area contributed by atoms with Crippen LogP contribution in [0.25, 0.3) is 11.2 Å². The van der Waals surface area contributed by atoms with Gasteiger partial charge in [-0.05, 0) is 37.8 Å². The van der Waals surface area contributed by atoms with Gasteiger partial charge in [-0.3, -0.25) is 4.79 Å². The van der Waals surface area contributed by atoms with E-state index in [1.165, 1.54) is 37.4 Å². The molecule has 1 atom stereocenters. The van der Waals surface area contributed by atoms with Crippen molar-refractivity contribution < 1.29 is 9.90 Å². The summed E-state index contributed by atoms with van der Waals surface area (Å²) in [7, 11) is 0. The summed E-state index contributed by atoms with van der Waals surface area (Å²) < 4.78 is 2.14. The highest BCUT2D eigenvalue weighted by molar-refractivity contribution is 7.99. The molecule has 1 aliphatic rings. The predicted molar refractivity (Wildman–Crippen MR) is 82.6 cm³/mol. The van der Waals surface area contributed by atoms with E-state index in [2.05, 4.69) is 21.5 Å². The number of aromatic nitrogens is 3. The fraction of sp³-hybridized carbons (Fsp3) is 0.533. The van der Waals surface area contributed by atoms with Crippen LogP contribution in [0.1, 0.15) is 38.6 Å². The first-order chi connectivity index (χ1) is 10.2. The van der Waals surface area contributed by atoms with Crippen molar-refractivity contribution in [2.24, 2.45) is 5.92 Å². The first-order valence-corrected chi connectivity index (χ1v) is 8.33. The quantitative estimate of drug-likeness (QED) is 0.858. The van der Waals surface area contributed by atoms with Gasteiger partial charge in [0.05, 0.1) is 5.75 Å². The van der Waals surface area contributed by atoms with Crippen molar-refractivity contribution in [2.45, 2.75) is 43.8 Å². The summed E-state index contributed by atoms with van der Waals surface area (Å²) >= 11 is 1.28. The van der Waals surface area contributed by atoms with Crippen molar-refractivity contribution in [1.82, 2.24) is 14.5 Å². The summed E-state index contributed by atoms with van der Waals surface area (Å²) in [5.41, 5.74) is 1.71. The van der Waals surface area contributed by atoms with Gasteiger partial charge in [-0.2, -0.15) is 0 Å². The monoisotopic (exact) mass is 305 g/mol. The van der Waals surface area contributed by atoms with E-state index in [1.54, 1.807) is 6.20 Å². The molecule has 6 heteroatoms. The number of imidazole rings is 1. The third kappa shape index (κ3) is 2.90. The molecule has 0 aliphatic heterocycles. The predicted octanol–water partition coefficient (Wildman–Crippen LogP) is 3.36. The molecule has 0 aromatic carbocycles. The second kappa shape index (κ2) is 6.05. The maximum Gasteiger partial charge on any atom is 0.313 e. The number of hydrogen-bond donors (Lipinski definition) is 1. The van der Waals surface area contributed by atoms with E-state index < -0.39 is 5.97 Å². The van der Waals surface area contributed by atoms with Crippen LogP contribution in [0.4, 0.5) is 0 Å². The third-order valence-corrected chi connectivity index (χ3v) is 5.17. The van der Waals surface area contributed by atoms with Crippen LogP contribution in [-0.4, -0.2) is 31.4 Å². The molecule has 0 bridgehead atoms. The van der Waals surface area contributed by atoms with E-state index in [0.717, 1.165) is 16.3 Å². The number of pyridine rings is 1. The highest BCUT2D eigenvalue weighted by atomic mass is 32.2. The lowest BCUT2D eigenvalue weighted by atomic mass is 10.00. The molecule has 0 amide bonds. The Morgan fingerprint density at radius 1 is 1.52 bits per heavy atom.